The summed E-state index contributed by atoms with van der Waals surface area (Å²) in [6, 6.07) is 9.41. The van der Waals surface area contributed by atoms with Crippen molar-refractivity contribution in [3.63, 3.8) is 0 Å². The van der Waals surface area contributed by atoms with E-state index < -0.39 is 0 Å². The van der Waals surface area contributed by atoms with E-state index in [2.05, 4.69) is 0 Å². The van der Waals surface area contributed by atoms with E-state index in [1.165, 1.54) is 0 Å². The molecular weight excluding hydrogens is 230 g/mol. The topological polar surface area (TPSA) is 38.8 Å². The average Bonchev–Trinajstić information content (AvgIpc) is 2.86. The van der Waals surface area contributed by atoms with E-state index in [1.54, 1.807) is 7.11 Å². The van der Waals surface area contributed by atoms with Crippen molar-refractivity contribution < 1.29 is 14.3 Å². The van der Waals surface area contributed by atoms with Crippen LogP contribution in [0.4, 0.5) is 0 Å². The van der Waals surface area contributed by atoms with Gasteiger partial charge in [-0.25, -0.2) is 0 Å². The second-order valence-corrected chi connectivity index (χ2v) is 4.55. The van der Waals surface area contributed by atoms with Crippen LogP contribution in [0.3, 0.4) is 0 Å². The summed E-state index contributed by atoms with van der Waals surface area (Å²) in [5, 5.41) is 0. The molecule has 0 radical (unpaired) electrons. The van der Waals surface area contributed by atoms with Gasteiger partial charge in [0.1, 0.15) is 5.75 Å². The van der Waals surface area contributed by atoms with E-state index in [0.29, 0.717) is 5.92 Å². The number of hydrogen-bond donors (Lipinski definition) is 0. The third kappa shape index (κ3) is 3.47. The Morgan fingerprint density at radius 2 is 2.17 bits per heavy atom. The number of benzene rings is 1. The molecule has 1 fully saturated rings. The van der Waals surface area contributed by atoms with Crippen molar-refractivity contribution in [3.05, 3.63) is 30.3 Å². The minimum absolute atomic E-state index is 0.0532. The maximum atomic E-state index is 11.9. The SMILES string of the molecule is COC[C@@H]1CCN(C(=O)COc2ccccc2)C1. The molecule has 0 N–H and O–H groups in total. The summed E-state index contributed by atoms with van der Waals surface area (Å²) in [6.45, 7) is 2.43. The van der Waals surface area contributed by atoms with Gasteiger partial charge in [-0.1, -0.05) is 18.2 Å². The Morgan fingerprint density at radius 3 is 2.89 bits per heavy atom. The van der Waals surface area contributed by atoms with Crippen molar-refractivity contribution in [2.45, 2.75) is 6.42 Å². The van der Waals surface area contributed by atoms with Gasteiger partial charge in [0.25, 0.3) is 5.91 Å². The van der Waals surface area contributed by atoms with Crippen LogP contribution in [-0.4, -0.2) is 44.2 Å². The highest BCUT2D eigenvalue weighted by atomic mass is 16.5. The predicted octanol–water partition coefficient (Wildman–Crippen LogP) is 1.56. The van der Waals surface area contributed by atoms with Crippen molar-refractivity contribution >= 4 is 5.91 Å². The summed E-state index contributed by atoms with van der Waals surface area (Å²) in [5.74, 6) is 1.26. The maximum absolute atomic E-state index is 11.9. The van der Waals surface area contributed by atoms with Gasteiger partial charge < -0.3 is 14.4 Å². The van der Waals surface area contributed by atoms with Gasteiger partial charge in [0, 0.05) is 26.1 Å². The molecule has 0 bridgehead atoms. The Hall–Kier alpha value is -1.55. The number of amides is 1. The van der Waals surface area contributed by atoms with Crippen molar-refractivity contribution in [3.8, 4) is 5.75 Å². The van der Waals surface area contributed by atoms with Gasteiger partial charge in [-0.2, -0.15) is 0 Å². The lowest BCUT2D eigenvalue weighted by molar-refractivity contribution is -0.132. The highest BCUT2D eigenvalue weighted by Crippen LogP contribution is 2.17. The van der Waals surface area contributed by atoms with E-state index in [-0.39, 0.29) is 12.5 Å². The van der Waals surface area contributed by atoms with Gasteiger partial charge in [-0.05, 0) is 18.6 Å². The molecule has 0 saturated carbocycles. The molecule has 2 rings (SSSR count). The summed E-state index contributed by atoms with van der Waals surface area (Å²) in [5.41, 5.74) is 0. The molecule has 1 heterocycles. The molecule has 4 nitrogen and oxygen atoms in total. The Bertz CT molecular complexity index is 380. The van der Waals surface area contributed by atoms with Gasteiger partial charge in [-0.15, -0.1) is 0 Å². The number of hydrogen-bond acceptors (Lipinski definition) is 3. The zero-order valence-electron chi connectivity index (χ0n) is 10.7. The van der Waals surface area contributed by atoms with Crippen LogP contribution in [-0.2, 0) is 9.53 Å². The molecule has 0 aliphatic carbocycles. The van der Waals surface area contributed by atoms with Gasteiger partial charge in [-0.3, -0.25) is 4.79 Å². The minimum Gasteiger partial charge on any atom is -0.484 e. The summed E-state index contributed by atoms with van der Waals surface area (Å²) < 4.78 is 10.6. The third-order valence-electron chi connectivity index (χ3n) is 3.15. The lowest BCUT2D eigenvalue weighted by Gasteiger charge is -2.16. The highest BCUT2D eigenvalue weighted by Gasteiger charge is 2.26. The fourth-order valence-electron chi connectivity index (χ4n) is 2.18. The fraction of sp³-hybridized carbons (Fsp3) is 0.500. The van der Waals surface area contributed by atoms with E-state index in [4.69, 9.17) is 9.47 Å². The van der Waals surface area contributed by atoms with E-state index >= 15 is 0 Å². The van der Waals surface area contributed by atoms with Gasteiger partial charge in [0.15, 0.2) is 6.61 Å². The first-order valence-electron chi connectivity index (χ1n) is 6.24. The molecule has 0 unspecified atom stereocenters. The lowest BCUT2D eigenvalue weighted by Crippen LogP contribution is -2.33. The Kier molecular flexibility index (Phi) is 4.59. The monoisotopic (exact) mass is 249 g/mol. The van der Waals surface area contributed by atoms with E-state index in [0.717, 1.165) is 31.9 Å². The Morgan fingerprint density at radius 1 is 1.39 bits per heavy atom. The number of ether oxygens (including phenoxy) is 2. The molecule has 0 aromatic heterocycles. The van der Waals surface area contributed by atoms with Crippen molar-refractivity contribution in [2.24, 2.45) is 5.92 Å². The number of likely N-dealkylation sites (tertiary alicyclic amines) is 1. The quantitative estimate of drug-likeness (QED) is 0.795. The van der Waals surface area contributed by atoms with E-state index in [9.17, 15) is 4.79 Å². The molecule has 18 heavy (non-hydrogen) atoms. The number of carbonyl (C=O) groups excluding carboxylic acids is 1. The third-order valence-corrected chi connectivity index (χ3v) is 3.15. The first-order valence-corrected chi connectivity index (χ1v) is 6.24. The molecular formula is C14H19NO3. The zero-order chi connectivity index (χ0) is 12.8. The zero-order valence-corrected chi connectivity index (χ0v) is 10.7. The van der Waals surface area contributed by atoms with Gasteiger partial charge in [0.05, 0.1) is 6.61 Å². The predicted molar refractivity (Wildman–Crippen MR) is 68.5 cm³/mol. The Balaban J connectivity index is 1.76. The average molecular weight is 249 g/mol. The summed E-state index contributed by atoms with van der Waals surface area (Å²) in [4.78, 5) is 13.8. The molecule has 1 amide bonds. The smallest absolute Gasteiger partial charge is 0.260 e. The summed E-state index contributed by atoms with van der Waals surface area (Å²) in [6.07, 6.45) is 1.02. The second-order valence-electron chi connectivity index (χ2n) is 4.55. The van der Waals surface area contributed by atoms with Crippen LogP contribution in [0.1, 0.15) is 6.42 Å². The van der Waals surface area contributed by atoms with Crippen molar-refractivity contribution in [2.75, 3.05) is 33.4 Å². The molecule has 1 atom stereocenters. The van der Waals surface area contributed by atoms with Crippen LogP contribution in [0.2, 0.25) is 0 Å². The fourth-order valence-corrected chi connectivity index (χ4v) is 2.18. The Labute approximate surface area is 107 Å². The van der Waals surface area contributed by atoms with Gasteiger partial charge in [0.2, 0.25) is 0 Å². The first-order chi connectivity index (χ1) is 8.79. The maximum Gasteiger partial charge on any atom is 0.260 e. The molecule has 1 aromatic carbocycles. The van der Waals surface area contributed by atoms with Crippen molar-refractivity contribution in [1.29, 1.82) is 0 Å². The van der Waals surface area contributed by atoms with E-state index in [1.807, 2.05) is 35.2 Å². The largest absolute Gasteiger partial charge is 0.484 e. The number of methoxy groups -OCH3 is 1. The van der Waals surface area contributed by atoms with Crippen molar-refractivity contribution in [1.82, 2.24) is 4.90 Å². The normalized spacial score (nSPS) is 18.9. The van der Waals surface area contributed by atoms with Crippen LogP contribution in [0, 0.1) is 5.92 Å². The first kappa shape index (κ1) is 12.9. The summed E-state index contributed by atoms with van der Waals surface area (Å²) >= 11 is 0. The number of carbonyl (C=O) groups is 1. The molecule has 1 aliphatic heterocycles. The van der Waals surface area contributed by atoms with Crippen LogP contribution < -0.4 is 4.74 Å². The standard InChI is InChI=1S/C14H19NO3/c1-17-10-12-7-8-15(9-12)14(16)11-18-13-5-3-2-4-6-13/h2-6,12H,7-11H2,1H3/t12-/m1/s1. The van der Waals surface area contributed by atoms with Crippen LogP contribution in [0.25, 0.3) is 0 Å². The molecule has 98 valence electrons. The number of nitrogens with zero attached hydrogens (tertiary/aromatic N) is 1. The number of rotatable bonds is 5. The highest BCUT2D eigenvalue weighted by molar-refractivity contribution is 5.78. The molecule has 4 heteroatoms. The summed E-state index contributed by atoms with van der Waals surface area (Å²) in [7, 11) is 1.70. The number of para-hydroxylation sites is 1. The van der Waals surface area contributed by atoms with Gasteiger partial charge >= 0.3 is 0 Å². The van der Waals surface area contributed by atoms with Crippen LogP contribution in [0.15, 0.2) is 30.3 Å². The minimum atomic E-state index is 0.0532. The second kappa shape index (κ2) is 6.40. The lowest BCUT2D eigenvalue weighted by atomic mass is 10.1. The van der Waals surface area contributed by atoms with Crippen LogP contribution >= 0.6 is 0 Å². The molecule has 1 saturated heterocycles. The molecule has 1 aliphatic rings. The molecule has 1 aromatic rings. The van der Waals surface area contributed by atoms with Crippen LogP contribution in [0.5, 0.6) is 5.75 Å². The molecule has 0 spiro atoms.